The molecular weight excluding hydrogens is 392 g/mol. The van der Waals surface area contributed by atoms with Gasteiger partial charge in [0.2, 0.25) is 0 Å². The Morgan fingerprint density at radius 2 is 1.78 bits per heavy atom. The monoisotopic (exact) mass is 402 g/mol. The number of sulfonamides is 1. The molecule has 0 amide bonds. The SMILES string of the molecule is O=c1oc2c(cc(NS(=O)(=O)c3cccc([N+](=O)[O-])c3)c3ccccc32)s1. The van der Waals surface area contributed by atoms with Gasteiger partial charge in [0.1, 0.15) is 0 Å². The Morgan fingerprint density at radius 3 is 2.52 bits per heavy atom. The molecule has 8 nitrogen and oxygen atoms in total. The van der Waals surface area contributed by atoms with Crippen LogP contribution in [-0.2, 0) is 10.0 Å². The fourth-order valence-corrected chi connectivity index (χ4v) is 4.59. The lowest BCUT2D eigenvalue weighted by Crippen LogP contribution is -2.13. The van der Waals surface area contributed by atoms with E-state index < -0.39 is 19.9 Å². The quantitative estimate of drug-likeness (QED) is 0.410. The molecule has 0 aliphatic heterocycles. The summed E-state index contributed by atoms with van der Waals surface area (Å²) in [5.41, 5.74) is 0.312. The lowest BCUT2D eigenvalue weighted by molar-refractivity contribution is -0.385. The van der Waals surface area contributed by atoms with Crippen molar-refractivity contribution < 1.29 is 17.8 Å². The number of nitrogens with one attached hydrogen (secondary N) is 1. The van der Waals surface area contributed by atoms with Crippen LogP contribution < -0.4 is 9.66 Å². The van der Waals surface area contributed by atoms with Gasteiger partial charge in [-0.25, -0.2) is 13.2 Å². The molecule has 27 heavy (non-hydrogen) atoms. The summed E-state index contributed by atoms with van der Waals surface area (Å²) in [5.74, 6) is 0. The highest BCUT2D eigenvalue weighted by Gasteiger charge is 2.20. The van der Waals surface area contributed by atoms with Crippen molar-refractivity contribution in [1.82, 2.24) is 0 Å². The molecule has 4 rings (SSSR count). The highest BCUT2D eigenvalue weighted by molar-refractivity contribution is 7.92. The highest BCUT2D eigenvalue weighted by Crippen LogP contribution is 2.34. The lowest BCUT2D eigenvalue weighted by Gasteiger charge is -2.11. The van der Waals surface area contributed by atoms with E-state index in [-0.39, 0.29) is 16.3 Å². The molecule has 3 aromatic carbocycles. The first-order valence-electron chi connectivity index (χ1n) is 7.58. The molecular formula is C17H10N2O6S2. The van der Waals surface area contributed by atoms with Crippen molar-refractivity contribution in [1.29, 1.82) is 0 Å². The van der Waals surface area contributed by atoms with Gasteiger partial charge in [0.15, 0.2) is 5.58 Å². The van der Waals surface area contributed by atoms with E-state index in [1.54, 1.807) is 24.3 Å². The van der Waals surface area contributed by atoms with E-state index in [1.807, 2.05) is 0 Å². The van der Waals surface area contributed by atoms with Crippen LogP contribution in [0.1, 0.15) is 0 Å². The Morgan fingerprint density at radius 1 is 1.04 bits per heavy atom. The minimum Gasteiger partial charge on any atom is -0.413 e. The molecule has 1 aromatic heterocycles. The number of non-ortho nitro benzene ring substituents is 1. The second-order valence-corrected chi connectivity index (χ2v) is 8.27. The van der Waals surface area contributed by atoms with Gasteiger partial charge in [-0.3, -0.25) is 14.8 Å². The van der Waals surface area contributed by atoms with Crippen molar-refractivity contribution >= 4 is 53.8 Å². The maximum absolute atomic E-state index is 12.7. The fraction of sp³-hybridized carbons (Fsp3) is 0. The van der Waals surface area contributed by atoms with Gasteiger partial charge in [0.25, 0.3) is 15.7 Å². The molecule has 0 radical (unpaired) electrons. The van der Waals surface area contributed by atoms with Crippen molar-refractivity contribution in [2.45, 2.75) is 4.90 Å². The molecule has 0 bridgehead atoms. The van der Waals surface area contributed by atoms with Crippen molar-refractivity contribution in [2.75, 3.05) is 4.72 Å². The van der Waals surface area contributed by atoms with Gasteiger partial charge in [-0.1, -0.05) is 41.7 Å². The third kappa shape index (κ3) is 3.04. The first kappa shape index (κ1) is 17.2. The molecule has 1 heterocycles. The molecule has 0 aliphatic rings. The van der Waals surface area contributed by atoms with Crippen LogP contribution >= 0.6 is 11.3 Å². The molecule has 0 spiro atoms. The number of benzene rings is 3. The Labute approximate surface area is 155 Å². The second-order valence-electron chi connectivity index (χ2n) is 5.61. The van der Waals surface area contributed by atoms with Crippen LogP contribution in [0.25, 0.3) is 21.1 Å². The van der Waals surface area contributed by atoms with Crippen molar-refractivity contribution in [3.8, 4) is 0 Å². The molecule has 0 fully saturated rings. The van der Waals surface area contributed by atoms with Gasteiger partial charge in [-0.2, -0.15) is 0 Å². The van der Waals surface area contributed by atoms with Gasteiger partial charge in [-0.05, 0) is 12.1 Å². The van der Waals surface area contributed by atoms with Gasteiger partial charge < -0.3 is 4.42 Å². The number of nitrogens with zero attached hydrogens (tertiary/aromatic N) is 1. The zero-order valence-corrected chi connectivity index (χ0v) is 15.0. The third-order valence-electron chi connectivity index (χ3n) is 3.92. The summed E-state index contributed by atoms with van der Waals surface area (Å²) in [5, 5.41) is 12.0. The molecule has 1 N–H and O–H groups in total. The second kappa shape index (κ2) is 6.18. The number of hydrogen-bond acceptors (Lipinski definition) is 7. The first-order valence-corrected chi connectivity index (χ1v) is 9.88. The van der Waals surface area contributed by atoms with Gasteiger partial charge in [-0.15, -0.1) is 0 Å². The van der Waals surface area contributed by atoms with E-state index in [4.69, 9.17) is 4.42 Å². The summed E-state index contributed by atoms with van der Waals surface area (Å²) < 4.78 is 33.6. The maximum Gasteiger partial charge on any atom is 0.396 e. The summed E-state index contributed by atoms with van der Waals surface area (Å²) in [6.07, 6.45) is 0. The molecule has 0 saturated carbocycles. The normalized spacial score (nSPS) is 11.7. The largest absolute Gasteiger partial charge is 0.413 e. The van der Waals surface area contributed by atoms with Crippen molar-refractivity contribution in [3.05, 3.63) is 74.4 Å². The summed E-state index contributed by atoms with van der Waals surface area (Å²) >= 11 is 0.863. The van der Waals surface area contributed by atoms with E-state index in [0.29, 0.717) is 21.1 Å². The summed E-state index contributed by atoms with van der Waals surface area (Å²) in [4.78, 5) is 21.1. The number of rotatable bonds is 4. The number of fused-ring (bicyclic) bond motifs is 3. The lowest BCUT2D eigenvalue weighted by atomic mass is 10.1. The van der Waals surface area contributed by atoms with Crippen LogP contribution in [0.2, 0.25) is 0 Å². The van der Waals surface area contributed by atoms with Crippen LogP contribution in [0.3, 0.4) is 0 Å². The van der Waals surface area contributed by atoms with Crippen LogP contribution in [0, 0.1) is 10.1 Å². The van der Waals surface area contributed by atoms with E-state index in [2.05, 4.69) is 4.72 Å². The van der Waals surface area contributed by atoms with E-state index in [9.17, 15) is 23.3 Å². The van der Waals surface area contributed by atoms with Gasteiger partial charge in [0.05, 0.1) is 20.2 Å². The Bertz CT molecular complexity index is 1370. The Hall–Kier alpha value is -3.24. The zero-order valence-electron chi connectivity index (χ0n) is 13.4. The van der Waals surface area contributed by atoms with E-state index in [0.717, 1.165) is 17.4 Å². The topological polar surface area (TPSA) is 120 Å². The predicted octanol–water partition coefficient (Wildman–Crippen LogP) is 3.72. The molecule has 0 saturated heterocycles. The minimum absolute atomic E-state index is 0.235. The number of nitro benzene ring substituents is 1. The Balaban J connectivity index is 1.88. The van der Waals surface area contributed by atoms with Gasteiger partial charge in [0, 0.05) is 22.9 Å². The number of hydrogen-bond donors (Lipinski definition) is 1. The zero-order chi connectivity index (χ0) is 19.2. The van der Waals surface area contributed by atoms with Crippen LogP contribution in [-0.4, -0.2) is 13.3 Å². The highest BCUT2D eigenvalue weighted by atomic mass is 32.2. The van der Waals surface area contributed by atoms with Crippen molar-refractivity contribution in [2.24, 2.45) is 0 Å². The van der Waals surface area contributed by atoms with Gasteiger partial charge >= 0.3 is 4.94 Å². The van der Waals surface area contributed by atoms with Crippen molar-refractivity contribution in [3.63, 3.8) is 0 Å². The molecule has 0 aliphatic carbocycles. The molecule has 0 atom stereocenters. The van der Waals surface area contributed by atoms with Crippen LogP contribution in [0.15, 0.2) is 68.7 Å². The maximum atomic E-state index is 12.7. The average molecular weight is 402 g/mol. The molecule has 4 aromatic rings. The van der Waals surface area contributed by atoms with Crippen LogP contribution in [0.4, 0.5) is 11.4 Å². The number of nitro groups is 1. The average Bonchev–Trinajstić information content (AvgIpc) is 3.02. The minimum atomic E-state index is -4.08. The molecule has 0 unspecified atom stereocenters. The smallest absolute Gasteiger partial charge is 0.396 e. The fourth-order valence-electron chi connectivity index (χ4n) is 2.75. The van der Waals surface area contributed by atoms with E-state index >= 15 is 0 Å². The third-order valence-corrected chi connectivity index (χ3v) is 6.06. The predicted molar refractivity (Wildman–Crippen MR) is 102 cm³/mol. The van der Waals surface area contributed by atoms with E-state index in [1.165, 1.54) is 24.3 Å². The molecule has 136 valence electrons. The summed E-state index contributed by atoms with van der Waals surface area (Å²) in [7, 11) is -4.08. The Kier molecular flexibility index (Phi) is 3.93. The van der Waals surface area contributed by atoms with Crippen LogP contribution in [0.5, 0.6) is 0 Å². The number of anilines is 1. The first-order chi connectivity index (χ1) is 12.8. The standard InChI is InChI=1S/C17H10N2O6S2/c20-17-25-16-13-7-2-1-6-12(13)14(9-15(16)26-17)18-27(23,24)11-5-3-4-10(8-11)19(21)22/h1-9,18H. The summed E-state index contributed by atoms with van der Waals surface area (Å²) in [6, 6.07) is 13.2. The summed E-state index contributed by atoms with van der Waals surface area (Å²) in [6.45, 7) is 0. The molecule has 10 heteroatoms.